The fraction of sp³-hybridized carbons (Fsp3) is 0.538. The van der Waals surface area contributed by atoms with Crippen LogP contribution in [0.4, 0.5) is 26.3 Å². The molecule has 0 radical (unpaired) electrons. The van der Waals surface area contributed by atoms with Crippen molar-refractivity contribution in [3.63, 3.8) is 0 Å². The van der Waals surface area contributed by atoms with Gasteiger partial charge < -0.3 is 4.74 Å². The van der Waals surface area contributed by atoms with E-state index in [1.54, 1.807) is 10.9 Å². The highest BCUT2D eigenvalue weighted by molar-refractivity contribution is 7.90. The number of carbonyl (C=O) groups excluding carboxylic acids is 1. The van der Waals surface area contributed by atoms with Crippen molar-refractivity contribution in [3.8, 4) is 5.75 Å². The number of halogens is 6. The fourth-order valence-corrected chi connectivity index (χ4v) is 6.95. The van der Waals surface area contributed by atoms with E-state index in [9.17, 15) is 26.4 Å². The normalized spacial score (nSPS) is 22.4. The summed E-state index contributed by atoms with van der Waals surface area (Å²) in [5.41, 5.74) is -3.67. The van der Waals surface area contributed by atoms with Gasteiger partial charge in [-0.1, -0.05) is 12.1 Å². The molecule has 5 rings (SSSR count). The number of alkyl halides is 6. The number of benzene rings is 1. The van der Waals surface area contributed by atoms with Gasteiger partial charge in [0.05, 0.1) is 17.6 Å². The van der Waals surface area contributed by atoms with Gasteiger partial charge in [-0.2, -0.15) is 31.4 Å². The third kappa shape index (κ3) is 5.72. The van der Waals surface area contributed by atoms with Crippen molar-refractivity contribution < 1.29 is 44.3 Å². The lowest BCUT2D eigenvalue weighted by Crippen LogP contribution is -2.62. The smallest absolute Gasteiger partial charge is 0.417 e. The van der Waals surface area contributed by atoms with Crippen molar-refractivity contribution in [1.82, 2.24) is 14.1 Å². The molecule has 0 bridgehead atoms. The maximum absolute atomic E-state index is 15.2. The number of amides is 1. The van der Waals surface area contributed by atoms with E-state index >= 15 is 13.2 Å². The molecular weight excluding hydrogens is 564 g/mol. The first-order chi connectivity index (χ1) is 18.7. The summed E-state index contributed by atoms with van der Waals surface area (Å²) in [6.07, 6.45) is -7.03. The van der Waals surface area contributed by atoms with Crippen molar-refractivity contribution in [1.29, 1.82) is 0 Å². The summed E-state index contributed by atoms with van der Waals surface area (Å²) in [7, 11) is -4.67. The predicted octanol–water partition coefficient (Wildman–Crippen LogP) is 5.58. The van der Waals surface area contributed by atoms with Crippen LogP contribution in [0, 0.1) is 5.92 Å². The quantitative estimate of drug-likeness (QED) is 0.266. The summed E-state index contributed by atoms with van der Waals surface area (Å²) >= 11 is 0. The number of rotatable bonds is 10. The first-order valence-corrected chi connectivity index (χ1v) is 14.4. The maximum atomic E-state index is 15.2. The standard InChI is InChI=1S/C26H27F6N3O4S/c27-25(28,29)11-1-13-39-20-6-4-19(5-7-20)24(26(30,31)32)15-18(22-10-12-34(33-22)16-17-2-3-17)14-23(36)35(24)40(37,38)21-8-9-21/h4-7,10,12,14,17,21H,1-3,8-9,11,13,15-16H2. The molecule has 7 nitrogen and oxygen atoms in total. The van der Waals surface area contributed by atoms with Crippen LogP contribution in [-0.4, -0.2) is 52.6 Å². The highest BCUT2D eigenvalue weighted by Crippen LogP contribution is 2.54. The van der Waals surface area contributed by atoms with E-state index in [-0.39, 0.29) is 47.2 Å². The van der Waals surface area contributed by atoms with Crippen molar-refractivity contribution in [2.45, 2.75) is 74.6 Å². The second-order valence-electron chi connectivity index (χ2n) is 10.5. The Kier molecular flexibility index (Phi) is 7.20. The molecule has 1 aliphatic heterocycles. The zero-order valence-electron chi connectivity index (χ0n) is 21.2. The summed E-state index contributed by atoms with van der Waals surface area (Å²) in [5, 5.41) is 3.26. The van der Waals surface area contributed by atoms with Crippen LogP contribution >= 0.6 is 0 Å². The minimum Gasteiger partial charge on any atom is -0.494 e. The van der Waals surface area contributed by atoms with Gasteiger partial charge in [0.2, 0.25) is 10.0 Å². The number of carbonyl (C=O) groups is 1. The van der Waals surface area contributed by atoms with E-state index in [1.165, 1.54) is 6.07 Å². The molecule has 1 amide bonds. The lowest BCUT2D eigenvalue weighted by molar-refractivity contribution is -0.221. The Balaban J connectivity index is 1.51. The summed E-state index contributed by atoms with van der Waals surface area (Å²) < 4.78 is 116. The van der Waals surface area contributed by atoms with E-state index in [2.05, 4.69) is 5.10 Å². The Hall–Kier alpha value is -3.03. The zero-order valence-corrected chi connectivity index (χ0v) is 22.0. The van der Waals surface area contributed by atoms with Crippen LogP contribution in [0.1, 0.15) is 56.2 Å². The molecule has 218 valence electrons. The largest absolute Gasteiger partial charge is 0.494 e. The highest BCUT2D eigenvalue weighted by Gasteiger charge is 2.67. The summed E-state index contributed by atoms with van der Waals surface area (Å²) in [4.78, 5) is 13.3. The van der Waals surface area contributed by atoms with Crippen molar-refractivity contribution >= 4 is 21.5 Å². The number of sulfonamides is 1. The van der Waals surface area contributed by atoms with Gasteiger partial charge in [-0.3, -0.25) is 9.48 Å². The predicted molar refractivity (Wildman–Crippen MR) is 131 cm³/mol. The highest BCUT2D eigenvalue weighted by atomic mass is 32.2. The summed E-state index contributed by atoms with van der Waals surface area (Å²) in [5.74, 6) is -0.858. The van der Waals surface area contributed by atoms with E-state index in [0.29, 0.717) is 12.5 Å². The Morgan fingerprint density at radius 1 is 1.00 bits per heavy atom. The molecule has 0 spiro atoms. The van der Waals surface area contributed by atoms with Gasteiger partial charge in [-0.05, 0) is 67.4 Å². The molecule has 3 aliphatic rings. The first kappa shape index (κ1) is 28.5. The second kappa shape index (κ2) is 10.1. The molecule has 2 heterocycles. The number of ether oxygens (including phenoxy) is 1. The van der Waals surface area contributed by atoms with Gasteiger partial charge in [-0.15, -0.1) is 0 Å². The summed E-state index contributed by atoms with van der Waals surface area (Å²) in [6.45, 7) is 0.276. The van der Waals surface area contributed by atoms with Gasteiger partial charge in [0.25, 0.3) is 5.91 Å². The van der Waals surface area contributed by atoms with E-state index < -0.39 is 57.5 Å². The van der Waals surface area contributed by atoms with Gasteiger partial charge >= 0.3 is 12.4 Å². The molecule has 2 aliphatic carbocycles. The van der Waals surface area contributed by atoms with E-state index in [0.717, 1.165) is 43.2 Å². The molecule has 2 saturated carbocycles. The molecule has 0 saturated heterocycles. The van der Waals surface area contributed by atoms with E-state index in [4.69, 9.17) is 4.74 Å². The third-order valence-electron chi connectivity index (χ3n) is 7.28. The van der Waals surface area contributed by atoms with Crippen LogP contribution < -0.4 is 4.74 Å². The Bertz CT molecular complexity index is 1390. The van der Waals surface area contributed by atoms with Crippen LogP contribution in [-0.2, 0) is 26.9 Å². The molecule has 14 heteroatoms. The molecule has 2 fully saturated rings. The van der Waals surface area contributed by atoms with Crippen LogP contribution in [0.5, 0.6) is 5.75 Å². The molecule has 40 heavy (non-hydrogen) atoms. The third-order valence-corrected chi connectivity index (χ3v) is 9.59. The van der Waals surface area contributed by atoms with Gasteiger partial charge in [0, 0.05) is 31.7 Å². The molecule has 1 aromatic heterocycles. The number of hydrogen-bond acceptors (Lipinski definition) is 5. The Labute approximate surface area is 226 Å². The van der Waals surface area contributed by atoms with Crippen molar-refractivity contribution in [2.24, 2.45) is 5.92 Å². The molecular formula is C26H27F6N3O4S. The average Bonchev–Trinajstić information content (AvgIpc) is 3.79. The topological polar surface area (TPSA) is 81.5 Å². The minimum absolute atomic E-state index is 0.0107. The lowest BCUT2D eigenvalue weighted by Gasteiger charge is -2.46. The van der Waals surface area contributed by atoms with Crippen LogP contribution in [0.3, 0.4) is 0 Å². The monoisotopic (exact) mass is 591 g/mol. The van der Waals surface area contributed by atoms with Crippen molar-refractivity contribution in [3.05, 3.63) is 53.9 Å². The van der Waals surface area contributed by atoms with Crippen LogP contribution in [0.15, 0.2) is 42.6 Å². The SMILES string of the molecule is O=C1C=C(c2ccn(CC3CC3)n2)CC(c2ccc(OCCCC(F)(F)F)cc2)(C(F)(F)F)N1S(=O)(=O)C1CC1. The minimum atomic E-state index is -5.23. The number of hydrogen-bond donors (Lipinski definition) is 0. The Morgan fingerprint density at radius 2 is 1.68 bits per heavy atom. The van der Waals surface area contributed by atoms with Crippen molar-refractivity contribution in [2.75, 3.05) is 6.61 Å². The van der Waals surface area contributed by atoms with Crippen LogP contribution in [0.25, 0.3) is 5.57 Å². The maximum Gasteiger partial charge on any atom is 0.417 e. The van der Waals surface area contributed by atoms with E-state index in [1.807, 2.05) is 0 Å². The first-order valence-electron chi connectivity index (χ1n) is 12.9. The molecule has 1 aromatic carbocycles. The number of aromatic nitrogens is 2. The van der Waals surface area contributed by atoms with Gasteiger partial charge in [-0.25, -0.2) is 12.7 Å². The lowest BCUT2D eigenvalue weighted by atomic mass is 9.79. The van der Waals surface area contributed by atoms with Crippen LogP contribution in [0.2, 0.25) is 0 Å². The molecule has 1 atom stereocenters. The zero-order chi connectivity index (χ0) is 28.9. The second-order valence-corrected chi connectivity index (χ2v) is 12.6. The Morgan fingerprint density at radius 3 is 2.25 bits per heavy atom. The molecule has 2 aromatic rings. The number of nitrogens with zero attached hydrogens (tertiary/aromatic N) is 3. The fourth-order valence-electron chi connectivity index (χ4n) is 4.90. The average molecular weight is 592 g/mol. The molecule has 1 unspecified atom stereocenters. The molecule has 0 N–H and O–H groups in total. The summed E-state index contributed by atoms with van der Waals surface area (Å²) in [6, 6.07) is 5.77. The van der Waals surface area contributed by atoms with Gasteiger partial charge in [0.1, 0.15) is 5.75 Å². The van der Waals surface area contributed by atoms with Gasteiger partial charge in [0.15, 0.2) is 5.54 Å².